The summed E-state index contributed by atoms with van der Waals surface area (Å²) in [5.74, 6) is 0.102. The molecule has 1 aromatic rings. The molecule has 0 bridgehead atoms. The zero-order valence-electron chi connectivity index (χ0n) is 11.7. The molecule has 0 spiro atoms. The van der Waals surface area contributed by atoms with Crippen molar-refractivity contribution in [2.45, 2.75) is 40.2 Å². The van der Waals surface area contributed by atoms with E-state index in [2.05, 4.69) is 28.9 Å². The van der Waals surface area contributed by atoms with E-state index in [0.29, 0.717) is 11.6 Å². The van der Waals surface area contributed by atoms with Gasteiger partial charge < -0.3 is 15.8 Å². The molecule has 0 saturated heterocycles. The van der Waals surface area contributed by atoms with Crippen molar-refractivity contribution in [2.75, 3.05) is 11.9 Å². The Bertz CT molecular complexity index is 457. The summed E-state index contributed by atoms with van der Waals surface area (Å²) in [5, 5.41) is 12.0. The van der Waals surface area contributed by atoms with Gasteiger partial charge in [-0.2, -0.15) is 0 Å². The topological polar surface area (TPSA) is 74.7 Å². The highest BCUT2D eigenvalue weighted by molar-refractivity contribution is 6.03. The van der Waals surface area contributed by atoms with E-state index in [4.69, 9.17) is 10.9 Å². The van der Waals surface area contributed by atoms with E-state index < -0.39 is 0 Å². The second-order valence-electron chi connectivity index (χ2n) is 4.60. The molecule has 0 aliphatic heterocycles. The largest absolute Gasteiger partial charge is 0.409 e. The van der Waals surface area contributed by atoms with E-state index in [1.54, 1.807) is 0 Å². The Hall–Kier alpha value is -1.78. The summed E-state index contributed by atoms with van der Waals surface area (Å²) in [5.41, 5.74) is 9.10. The van der Waals surface area contributed by atoms with Crippen LogP contribution in [-0.2, 0) is 0 Å². The fraction of sp³-hybridized carbons (Fsp3) is 0.538. The van der Waals surface area contributed by atoms with Crippen molar-refractivity contribution >= 4 is 11.5 Å². The Morgan fingerprint density at radius 3 is 2.67 bits per heavy atom. The van der Waals surface area contributed by atoms with Crippen LogP contribution in [0.2, 0.25) is 0 Å². The third-order valence-electron chi connectivity index (χ3n) is 3.30. The standard InChI is InChI=1S/C13H22N4O/c1-6-9(3)17(5)11-7-8(2)15-10(4)12(11)13(14)16-18/h7,9,18H,6H2,1-5H3,(H2,14,16). The predicted molar refractivity (Wildman–Crippen MR) is 74.4 cm³/mol. The lowest BCUT2D eigenvalue weighted by molar-refractivity contribution is 0.318. The number of nitrogens with zero attached hydrogens (tertiary/aromatic N) is 3. The van der Waals surface area contributed by atoms with Crippen molar-refractivity contribution < 1.29 is 5.21 Å². The molecule has 1 unspecified atom stereocenters. The van der Waals surface area contributed by atoms with Gasteiger partial charge >= 0.3 is 0 Å². The van der Waals surface area contributed by atoms with Crippen molar-refractivity contribution in [3.8, 4) is 0 Å². The number of amidine groups is 1. The Morgan fingerprint density at radius 1 is 1.56 bits per heavy atom. The second-order valence-corrected chi connectivity index (χ2v) is 4.60. The highest BCUT2D eigenvalue weighted by Gasteiger charge is 2.18. The van der Waals surface area contributed by atoms with Crippen LogP contribution >= 0.6 is 0 Å². The van der Waals surface area contributed by atoms with Gasteiger partial charge in [-0.1, -0.05) is 12.1 Å². The van der Waals surface area contributed by atoms with Crippen LogP contribution in [0.4, 0.5) is 5.69 Å². The van der Waals surface area contributed by atoms with E-state index in [1.165, 1.54) is 0 Å². The van der Waals surface area contributed by atoms with Crippen LogP contribution in [0, 0.1) is 13.8 Å². The lowest BCUT2D eigenvalue weighted by Gasteiger charge is -2.28. The smallest absolute Gasteiger partial charge is 0.174 e. The van der Waals surface area contributed by atoms with Crippen LogP contribution in [0.1, 0.15) is 37.2 Å². The summed E-state index contributed by atoms with van der Waals surface area (Å²) in [4.78, 5) is 6.51. The zero-order valence-corrected chi connectivity index (χ0v) is 11.7. The predicted octanol–water partition coefficient (Wildman–Crippen LogP) is 2.03. The molecule has 0 saturated carbocycles. The van der Waals surface area contributed by atoms with Crippen molar-refractivity contribution in [3.63, 3.8) is 0 Å². The van der Waals surface area contributed by atoms with E-state index in [1.807, 2.05) is 27.0 Å². The van der Waals surface area contributed by atoms with Crippen molar-refractivity contribution in [1.29, 1.82) is 0 Å². The first kappa shape index (κ1) is 14.3. The van der Waals surface area contributed by atoms with Gasteiger partial charge in [-0.25, -0.2) is 0 Å². The van der Waals surface area contributed by atoms with Gasteiger partial charge in [-0.05, 0) is 33.3 Å². The minimum absolute atomic E-state index is 0.102. The van der Waals surface area contributed by atoms with Gasteiger partial charge in [-0.15, -0.1) is 0 Å². The van der Waals surface area contributed by atoms with Gasteiger partial charge in [0.05, 0.1) is 16.9 Å². The summed E-state index contributed by atoms with van der Waals surface area (Å²) in [6, 6.07) is 2.34. The van der Waals surface area contributed by atoms with Crippen molar-refractivity contribution in [2.24, 2.45) is 10.9 Å². The molecule has 5 heteroatoms. The first-order valence-corrected chi connectivity index (χ1v) is 6.11. The average molecular weight is 250 g/mol. The van der Waals surface area contributed by atoms with E-state index in [0.717, 1.165) is 23.5 Å². The molecule has 5 nitrogen and oxygen atoms in total. The maximum atomic E-state index is 8.90. The van der Waals surface area contributed by atoms with Gasteiger partial charge in [0.25, 0.3) is 0 Å². The van der Waals surface area contributed by atoms with Gasteiger partial charge in [0, 0.05) is 18.8 Å². The molecule has 0 radical (unpaired) electrons. The third kappa shape index (κ3) is 2.72. The highest BCUT2D eigenvalue weighted by Crippen LogP contribution is 2.25. The Labute approximate surface area is 108 Å². The second kappa shape index (κ2) is 5.71. The number of hydrogen-bond donors (Lipinski definition) is 2. The van der Waals surface area contributed by atoms with Crippen LogP contribution in [0.15, 0.2) is 11.2 Å². The monoisotopic (exact) mass is 250 g/mol. The lowest BCUT2D eigenvalue weighted by Crippen LogP contribution is -2.31. The first-order valence-electron chi connectivity index (χ1n) is 6.11. The fourth-order valence-electron chi connectivity index (χ4n) is 1.96. The number of nitrogens with two attached hydrogens (primary N) is 1. The number of aromatic nitrogens is 1. The van der Waals surface area contributed by atoms with Crippen LogP contribution in [0.3, 0.4) is 0 Å². The number of oxime groups is 1. The summed E-state index contributed by atoms with van der Waals surface area (Å²) in [6.45, 7) is 8.08. The first-order chi connectivity index (χ1) is 8.42. The fourth-order valence-corrected chi connectivity index (χ4v) is 1.96. The molecule has 0 aliphatic carbocycles. The Kier molecular flexibility index (Phi) is 4.53. The molecule has 1 aromatic heterocycles. The van der Waals surface area contributed by atoms with Crippen LogP contribution < -0.4 is 10.6 Å². The quantitative estimate of drug-likeness (QED) is 0.371. The number of aryl methyl sites for hydroxylation is 2. The minimum Gasteiger partial charge on any atom is -0.409 e. The molecule has 18 heavy (non-hydrogen) atoms. The van der Waals surface area contributed by atoms with Gasteiger partial charge in [0.15, 0.2) is 5.84 Å². The molecule has 0 amide bonds. The van der Waals surface area contributed by atoms with Gasteiger partial charge in [0.1, 0.15) is 0 Å². The Morgan fingerprint density at radius 2 is 2.17 bits per heavy atom. The molecule has 0 fully saturated rings. The van der Waals surface area contributed by atoms with Crippen LogP contribution in [0.25, 0.3) is 0 Å². The number of pyridine rings is 1. The zero-order chi connectivity index (χ0) is 13.9. The normalized spacial score (nSPS) is 13.5. The molecule has 1 atom stereocenters. The van der Waals surface area contributed by atoms with Crippen LogP contribution in [0.5, 0.6) is 0 Å². The molecular formula is C13H22N4O. The minimum atomic E-state index is 0.102. The third-order valence-corrected chi connectivity index (χ3v) is 3.30. The van der Waals surface area contributed by atoms with Gasteiger partial charge in [-0.3, -0.25) is 4.98 Å². The number of hydrogen-bond acceptors (Lipinski definition) is 4. The van der Waals surface area contributed by atoms with E-state index in [9.17, 15) is 0 Å². The molecule has 0 aromatic carbocycles. The van der Waals surface area contributed by atoms with Crippen LogP contribution in [-0.4, -0.2) is 29.1 Å². The molecule has 100 valence electrons. The average Bonchev–Trinajstić information content (AvgIpc) is 2.35. The summed E-state index contributed by atoms with van der Waals surface area (Å²) in [6.07, 6.45) is 1.02. The number of anilines is 1. The SMILES string of the molecule is CCC(C)N(C)c1cc(C)nc(C)c1/C(N)=N/O. The molecular weight excluding hydrogens is 228 g/mol. The summed E-state index contributed by atoms with van der Waals surface area (Å²) in [7, 11) is 2.01. The summed E-state index contributed by atoms with van der Waals surface area (Å²) < 4.78 is 0. The maximum Gasteiger partial charge on any atom is 0.174 e. The lowest BCUT2D eigenvalue weighted by atomic mass is 10.1. The van der Waals surface area contributed by atoms with E-state index >= 15 is 0 Å². The summed E-state index contributed by atoms with van der Waals surface area (Å²) >= 11 is 0. The molecule has 1 rings (SSSR count). The molecule has 0 aliphatic rings. The van der Waals surface area contributed by atoms with Crippen molar-refractivity contribution in [1.82, 2.24) is 4.98 Å². The Balaban J connectivity index is 3.41. The van der Waals surface area contributed by atoms with Crippen molar-refractivity contribution in [3.05, 3.63) is 23.0 Å². The van der Waals surface area contributed by atoms with E-state index in [-0.39, 0.29) is 5.84 Å². The maximum absolute atomic E-state index is 8.90. The highest BCUT2D eigenvalue weighted by atomic mass is 16.4. The molecule has 3 N–H and O–H groups in total. The number of rotatable bonds is 4. The molecule has 1 heterocycles. The van der Waals surface area contributed by atoms with Gasteiger partial charge in [0.2, 0.25) is 0 Å².